The lowest BCUT2D eigenvalue weighted by Crippen LogP contribution is -2.45. The Bertz CT molecular complexity index is 656. The molecule has 2 fully saturated rings. The van der Waals surface area contributed by atoms with Gasteiger partial charge in [0.25, 0.3) is 0 Å². The Kier molecular flexibility index (Phi) is 3.43. The average Bonchev–Trinajstić information content (AvgIpc) is 2.30. The number of rotatable bonds is 5. The molecule has 2 aliphatic carbocycles. The summed E-state index contributed by atoms with van der Waals surface area (Å²) in [5.74, 6) is -0.840. The fraction of sp³-hybridized carbons (Fsp3) is 0.533. The molecule has 1 aromatic carbocycles. The van der Waals surface area contributed by atoms with Crippen LogP contribution in [0.4, 0.5) is 5.69 Å². The number of carboxylic acid groups (broad SMARTS) is 1. The van der Waals surface area contributed by atoms with Gasteiger partial charge in [0.2, 0.25) is 10.0 Å². The van der Waals surface area contributed by atoms with Gasteiger partial charge in [-0.25, -0.2) is 13.2 Å². The maximum Gasteiger partial charge on any atom is 0.337 e. The number of carbonyl (C=O) groups is 1. The molecule has 5 nitrogen and oxygen atoms in total. The van der Waals surface area contributed by atoms with Crippen molar-refractivity contribution < 1.29 is 18.3 Å². The Morgan fingerprint density at radius 2 is 1.95 bits per heavy atom. The average molecular weight is 309 g/mol. The van der Waals surface area contributed by atoms with E-state index in [4.69, 9.17) is 5.11 Å². The van der Waals surface area contributed by atoms with Gasteiger partial charge in [0.05, 0.1) is 17.0 Å². The highest BCUT2D eigenvalue weighted by molar-refractivity contribution is 7.92. The number of aromatic carboxylic acids is 1. The number of hydrogen-bond acceptors (Lipinski definition) is 3. The molecular weight excluding hydrogens is 290 g/mol. The third-order valence-electron chi connectivity index (χ3n) is 4.74. The maximum atomic E-state index is 12.2. The van der Waals surface area contributed by atoms with Crippen molar-refractivity contribution in [3.05, 3.63) is 29.8 Å². The molecule has 1 aromatic rings. The monoisotopic (exact) mass is 309 g/mol. The number of hydrogen-bond donors (Lipinski definition) is 2. The number of benzene rings is 1. The molecule has 114 valence electrons. The van der Waals surface area contributed by atoms with Gasteiger partial charge in [-0.1, -0.05) is 18.6 Å². The first kappa shape index (κ1) is 14.4. The first-order valence-corrected chi connectivity index (χ1v) is 8.87. The molecule has 0 unspecified atom stereocenters. The van der Waals surface area contributed by atoms with Crippen molar-refractivity contribution in [2.45, 2.75) is 32.1 Å². The predicted molar refractivity (Wildman–Crippen MR) is 79.8 cm³/mol. The fourth-order valence-corrected chi connectivity index (χ4v) is 5.10. The molecular formula is C15H19NO4S. The fourth-order valence-electron chi connectivity index (χ4n) is 3.65. The Hall–Kier alpha value is -1.56. The third-order valence-corrected chi connectivity index (χ3v) is 6.18. The topological polar surface area (TPSA) is 83.5 Å². The van der Waals surface area contributed by atoms with Gasteiger partial charge in [-0.05, 0) is 49.1 Å². The van der Waals surface area contributed by atoms with Crippen LogP contribution in [0.15, 0.2) is 24.3 Å². The summed E-state index contributed by atoms with van der Waals surface area (Å²) >= 11 is 0. The van der Waals surface area contributed by atoms with E-state index in [1.165, 1.54) is 31.4 Å². The zero-order chi connectivity index (χ0) is 15.1. The van der Waals surface area contributed by atoms with Gasteiger partial charge >= 0.3 is 5.97 Å². The van der Waals surface area contributed by atoms with E-state index < -0.39 is 16.0 Å². The van der Waals surface area contributed by atoms with E-state index in [1.54, 1.807) is 12.1 Å². The molecule has 2 N–H and O–H groups in total. The summed E-state index contributed by atoms with van der Waals surface area (Å²) in [4.78, 5) is 11.1. The van der Waals surface area contributed by atoms with Crippen LogP contribution < -0.4 is 4.72 Å². The van der Waals surface area contributed by atoms with Crippen molar-refractivity contribution in [2.75, 3.05) is 10.5 Å². The lowest BCUT2D eigenvalue weighted by atomic mass is 9.52. The van der Waals surface area contributed by atoms with Crippen LogP contribution >= 0.6 is 0 Å². The Morgan fingerprint density at radius 3 is 2.52 bits per heavy atom. The van der Waals surface area contributed by atoms with Gasteiger partial charge in [0.15, 0.2) is 0 Å². The van der Waals surface area contributed by atoms with Crippen LogP contribution in [0.2, 0.25) is 0 Å². The SMILES string of the molecule is O=C(O)c1ccccc1NS(=O)(=O)CC1CC2(CCC2)C1. The van der Waals surface area contributed by atoms with Gasteiger partial charge in [0, 0.05) is 0 Å². The second kappa shape index (κ2) is 5.02. The van der Waals surface area contributed by atoms with Crippen LogP contribution in [0.3, 0.4) is 0 Å². The van der Waals surface area contributed by atoms with Gasteiger partial charge in [-0.15, -0.1) is 0 Å². The van der Waals surface area contributed by atoms with E-state index in [2.05, 4.69) is 4.72 Å². The molecule has 21 heavy (non-hydrogen) atoms. The van der Waals surface area contributed by atoms with Crippen LogP contribution in [-0.4, -0.2) is 25.2 Å². The molecule has 6 heteroatoms. The van der Waals surface area contributed by atoms with Crippen molar-refractivity contribution in [1.29, 1.82) is 0 Å². The molecule has 0 aliphatic heterocycles. The van der Waals surface area contributed by atoms with Crippen molar-refractivity contribution in [1.82, 2.24) is 0 Å². The summed E-state index contributed by atoms with van der Waals surface area (Å²) in [7, 11) is -3.50. The standard InChI is InChI=1S/C15H19NO4S/c17-14(18)12-4-1-2-5-13(12)16-21(19,20)10-11-8-15(9-11)6-3-7-15/h1-2,4-5,11,16H,3,6-10H2,(H,17,18). The van der Waals surface area contributed by atoms with Gasteiger partial charge in [-0.3, -0.25) is 4.72 Å². The number of para-hydroxylation sites is 1. The highest BCUT2D eigenvalue weighted by Crippen LogP contribution is 2.58. The minimum absolute atomic E-state index is 0.0230. The van der Waals surface area contributed by atoms with Crippen molar-refractivity contribution >= 4 is 21.7 Å². The second-order valence-corrected chi connectivity index (χ2v) is 8.13. The van der Waals surface area contributed by atoms with Gasteiger partial charge < -0.3 is 5.11 Å². The molecule has 3 rings (SSSR count). The Balaban J connectivity index is 1.65. The summed E-state index contributed by atoms with van der Waals surface area (Å²) in [5.41, 5.74) is 0.562. The highest BCUT2D eigenvalue weighted by atomic mass is 32.2. The molecule has 0 aromatic heterocycles. The first-order valence-electron chi connectivity index (χ1n) is 7.22. The molecule has 2 aliphatic rings. The normalized spacial score (nSPS) is 20.6. The van der Waals surface area contributed by atoms with Crippen LogP contribution in [0.1, 0.15) is 42.5 Å². The lowest BCUT2D eigenvalue weighted by molar-refractivity contribution is -0.0146. The largest absolute Gasteiger partial charge is 0.478 e. The van der Waals surface area contributed by atoms with E-state index in [9.17, 15) is 13.2 Å². The molecule has 1 spiro atoms. The predicted octanol–water partition coefficient (Wildman–Crippen LogP) is 2.71. The lowest BCUT2D eigenvalue weighted by Gasteiger charge is -2.54. The van der Waals surface area contributed by atoms with E-state index in [0.29, 0.717) is 5.41 Å². The molecule has 0 amide bonds. The summed E-state index contributed by atoms with van der Waals surface area (Å²) < 4.78 is 26.8. The Labute approximate surface area is 124 Å². The quantitative estimate of drug-likeness (QED) is 0.876. The molecule has 0 heterocycles. The van der Waals surface area contributed by atoms with E-state index in [-0.39, 0.29) is 22.9 Å². The van der Waals surface area contributed by atoms with Crippen molar-refractivity contribution in [2.24, 2.45) is 11.3 Å². The smallest absolute Gasteiger partial charge is 0.337 e. The van der Waals surface area contributed by atoms with Gasteiger partial charge in [-0.2, -0.15) is 0 Å². The van der Waals surface area contributed by atoms with E-state index in [0.717, 1.165) is 12.8 Å². The number of nitrogens with one attached hydrogen (secondary N) is 1. The molecule has 2 saturated carbocycles. The van der Waals surface area contributed by atoms with E-state index in [1.807, 2.05) is 0 Å². The van der Waals surface area contributed by atoms with Crippen molar-refractivity contribution in [3.8, 4) is 0 Å². The zero-order valence-corrected chi connectivity index (χ0v) is 12.5. The third kappa shape index (κ3) is 2.90. The maximum absolute atomic E-state index is 12.2. The number of sulfonamides is 1. The van der Waals surface area contributed by atoms with Crippen LogP contribution in [-0.2, 0) is 10.0 Å². The van der Waals surface area contributed by atoms with Crippen molar-refractivity contribution in [3.63, 3.8) is 0 Å². The summed E-state index contributed by atoms with van der Waals surface area (Å²) in [5, 5.41) is 9.08. The number of anilines is 1. The second-order valence-electron chi connectivity index (χ2n) is 6.36. The van der Waals surface area contributed by atoms with Gasteiger partial charge in [0.1, 0.15) is 0 Å². The summed E-state index contributed by atoms with van der Waals surface area (Å²) in [6, 6.07) is 6.08. The van der Waals surface area contributed by atoms with Crippen LogP contribution in [0.5, 0.6) is 0 Å². The summed E-state index contributed by atoms with van der Waals surface area (Å²) in [6.07, 6.45) is 5.73. The minimum atomic E-state index is -3.50. The van der Waals surface area contributed by atoms with E-state index >= 15 is 0 Å². The number of carboxylic acids is 1. The first-order chi connectivity index (χ1) is 9.89. The molecule has 0 bridgehead atoms. The molecule has 0 saturated heterocycles. The summed E-state index contributed by atoms with van der Waals surface area (Å²) in [6.45, 7) is 0. The van der Waals surface area contributed by atoms with Crippen LogP contribution in [0.25, 0.3) is 0 Å². The minimum Gasteiger partial charge on any atom is -0.478 e. The van der Waals surface area contributed by atoms with Crippen LogP contribution in [0, 0.1) is 11.3 Å². The Morgan fingerprint density at radius 1 is 1.29 bits per heavy atom. The zero-order valence-electron chi connectivity index (χ0n) is 11.7. The molecule has 0 radical (unpaired) electrons. The molecule has 0 atom stereocenters. The highest BCUT2D eigenvalue weighted by Gasteiger charge is 2.48.